The predicted molar refractivity (Wildman–Crippen MR) is 86.1 cm³/mol. The number of hydrogen-bond acceptors (Lipinski definition) is 2. The van der Waals surface area contributed by atoms with Crippen LogP contribution in [0.25, 0.3) is 0 Å². The highest BCUT2D eigenvalue weighted by Gasteiger charge is 2.21. The molecule has 0 fully saturated rings. The highest BCUT2D eigenvalue weighted by Crippen LogP contribution is 2.21. The van der Waals surface area contributed by atoms with Gasteiger partial charge in [0, 0.05) is 17.2 Å². The molecule has 2 nitrogen and oxygen atoms in total. The minimum Gasteiger partial charge on any atom is -0.288 e. The van der Waals surface area contributed by atoms with Crippen molar-refractivity contribution in [3.05, 3.63) is 107 Å². The number of carbonyl (C=O) groups excluding carboxylic acids is 2. The molecule has 0 aliphatic rings. The van der Waals surface area contributed by atoms with Gasteiger partial charge >= 0.3 is 0 Å². The molecular weight excluding hydrogens is 310 g/mol. The zero-order valence-electron chi connectivity index (χ0n) is 12.5. The Hall–Kier alpha value is -3.14. The van der Waals surface area contributed by atoms with Gasteiger partial charge in [0.15, 0.2) is 11.6 Å². The molecule has 0 spiro atoms. The van der Waals surface area contributed by atoms with E-state index in [1.807, 2.05) is 0 Å². The molecule has 0 amide bonds. The zero-order valence-corrected chi connectivity index (χ0v) is 12.5. The molecule has 0 aromatic heterocycles. The Morgan fingerprint density at radius 1 is 0.583 bits per heavy atom. The smallest absolute Gasteiger partial charge is 0.195 e. The normalized spacial score (nSPS) is 10.4. The molecule has 3 rings (SSSR count). The van der Waals surface area contributed by atoms with Crippen molar-refractivity contribution in [3.8, 4) is 0 Å². The van der Waals surface area contributed by atoms with Crippen molar-refractivity contribution in [1.29, 1.82) is 0 Å². The van der Waals surface area contributed by atoms with Crippen LogP contribution in [0, 0.1) is 11.6 Å². The summed E-state index contributed by atoms with van der Waals surface area (Å²) in [6.45, 7) is 0. The van der Waals surface area contributed by atoms with Gasteiger partial charge in [-0.1, -0.05) is 60.7 Å². The average molecular weight is 322 g/mol. The van der Waals surface area contributed by atoms with Crippen molar-refractivity contribution < 1.29 is 18.4 Å². The lowest BCUT2D eigenvalue weighted by molar-refractivity contribution is 0.103. The molecule has 0 aliphatic carbocycles. The number of halogens is 2. The Morgan fingerprint density at radius 3 is 1.33 bits per heavy atom. The van der Waals surface area contributed by atoms with Crippen LogP contribution in [0.15, 0.2) is 72.8 Å². The van der Waals surface area contributed by atoms with Gasteiger partial charge in [-0.2, -0.15) is 0 Å². The Bertz CT molecular complexity index is 831. The molecular formula is C20H12F2O2. The van der Waals surface area contributed by atoms with Crippen LogP contribution in [0.3, 0.4) is 0 Å². The van der Waals surface area contributed by atoms with Gasteiger partial charge in [-0.3, -0.25) is 9.59 Å². The number of carbonyl (C=O) groups is 2. The first-order chi connectivity index (χ1) is 11.6. The van der Waals surface area contributed by atoms with Gasteiger partial charge < -0.3 is 0 Å². The molecule has 3 aromatic carbocycles. The number of rotatable bonds is 4. The second-order valence-corrected chi connectivity index (χ2v) is 5.20. The van der Waals surface area contributed by atoms with Crippen LogP contribution in [0.1, 0.15) is 31.8 Å². The summed E-state index contributed by atoms with van der Waals surface area (Å²) in [5.41, 5.74) is -0.133. The first kappa shape index (κ1) is 15.7. The van der Waals surface area contributed by atoms with Gasteiger partial charge in [0.1, 0.15) is 11.6 Å². The lowest BCUT2D eigenvalue weighted by Gasteiger charge is -2.08. The minimum absolute atomic E-state index is 0.265. The van der Waals surface area contributed by atoms with E-state index in [0.29, 0.717) is 6.07 Å². The van der Waals surface area contributed by atoms with Crippen LogP contribution in [-0.4, -0.2) is 11.6 Å². The Morgan fingerprint density at radius 2 is 0.958 bits per heavy atom. The summed E-state index contributed by atoms with van der Waals surface area (Å²) in [7, 11) is 0. The standard InChI is InChI=1S/C20H12F2O2/c21-17-12-18(22)16(20(24)14-9-5-2-6-10-14)11-15(17)19(23)13-7-3-1-4-8-13/h1-12H. The maximum absolute atomic E-state index is 14.1. The second kappa shape index (κ2) is 6.54. The third kappa shape index (κ3) is 2.99. The highest BCUT2D eigenvalue weighted by atomic mass is 19.1. The van der Waals surface area contributed by atoms with E-state index in [0.717, 1.165) is 6.07 Å². The third-order valence-corrected chi connectivity index (χ3v) is 3.62. The van der Waals surface area contributed by atoms with E-state index < -0.39 is 23.2 Å². The van der Waals surface area contributed by atoms with E-state index in [2.05, 4.69) is 0 Å². The van der Waals surface area contributed by atoms with Crippen LogP contribution in [0.5, 0.6) is 0 Å². The summed E-state index contributed by atoms with van der Waals surface area (Å²) in [6, 6.07) is 17.7. The van der Waals surface area contributed by atoms with Gasteiger partial charge in [-0.15, -0.1) is 0 Å². The molecule has 0 unspecified atom stereocenters. The second-order valence-electron chi connectivity index (χ2n) is 5.20. The van der Waals surface area contributed by atoms with Crippen LogP contribution in [0.4, 0.5) is 8.78 Å². The van der Waals surface area contributed by atoms with Crippen molar-refractivity contribution >= 4 is 11.6 Å². The predicted octanol–water partition coefficient (Wildman–Crippen LogP) is 4.43. The number of ketones is 2. The molecule has 0 bridgehead atoms. The highest BCUT2D eigenvalue weighted by molar-refractivity contribution is 6.13. The fourth-order valence-electron chi connectivity index (χ4n) is 2.39. The van der Waals surface area contributed by atoms with Gasteiger partial charge in [0.2, 0.25) is 0 Å². The topological polar surface area (TPSA) is 34.1 Å². The van der Waals surface area contributed by atoms with Crippen molar-refractivity contribution in [2.45, 2.75) is 0 Å². The first-order valence-corrected chi connectivity index (χ1v) is 7.26. The Labute approximate surface area is 137 Å². The largest absolute Gasteiger partial charge is 0.288 e. The molecule has 4 heteroatoms. The molecule has 0 aliphatic heterocycles. The van der Waals surface area contributed by atoms with Gasteiger partial charge in [0.05, 0.1) is 11.1 Å². The molecule has 24 heavy (non-hydrogen) atoms. The molecule has 118 valence electrons. The van der Waals surface area contributed by atoms with Crippen LogP contribution in [0.2, 0.25) is 0 Å². The summed E-state index contributed by atoms with van der Waals surface area (Å²) >= 11 is 0. The summed E-state index contributed by atoms with van der Waals surface area (Å²) in [5.74, 6) is -3.19. The van der Waals surface area contributed by atoms with Crippen molar-refractivity contribution in [2.24, 2.45) is 0 Å². The monoisotopic (exact) mass is 322 g/mol. The van der Waals surface area contributed by atoms with Gasteiger partial charge in [-0.25, -0.2) is 8.78 Å². The van der Waals surface area contributed by atoms with E-state index in [9.17, 15) is 18.4 Å². The molecule has 0 N–H and O–H groups in total. The molecule has 3 aromatic rings. The summed E-state index contributed by atoms with van der Waals surface area (Å²) in [4.78, 5) is 24.8. The van der Waals surface area contributed by atoms with Crippen molar-refractivity contribution in [3.63, 3.8) is 0 Å². The molecule has 0 saturated carbocycles. The lowest BCUT2D eigenvalue weighted by Crippen LogP contribution is -2.10. The van der Waals surface area contributed by atoms with Gasteiger partial charge in [-0.05, 0) is 6.07 Å². The third-order valence-electron chi connectivity index (χ3n) is 3.62. The van der Waals surface area contributed by atoms with E-state index in [1.54, 1.807) is 36.4 Å². The van der Waals surface area contributed by atoms with E-state index in [4.69, 9.17) is 0 Å². The van der Waals surface area contributed by atoms with Crippen LogP contribution < -0.4 is 0 Å². The maximum atomic E-state index is 14.1. The zero-order chi connectivity index (χ0) is 17.1. The first-order valence-electron chi connectivity index (χ1n) is 7.26. The summed E-state index contributed by atoms with van der Waals surface area (Å²) in [6.07, 6.45) is 0. The number of hydrogen-bond donors (Lipinski definition) is 0. The fraction of sp³-hybridized carbons (Fsp3) is 0. The minimum atomic E-state index is -0.994. The summed E-state index contributed by atoms with van der Waals surface area (Å²) < 4.78 is 28.1. The lowest BCUT2D eigenvalue weighted by atomic mass is 9.96. The van der Waals surface area contributed by atoms with Crippen molar-refractivity contribution in [2.75, 3.05) is 0 Å². The van der Waals surface area contributed by atoms with Crippen LogP contribution in [-0.2, 0) is 0 Å². The number of benzene rings is 3. The summed E-state index contributed by atoms with van der Waals surface area (Å²) in [5, 5.41) is 0. The van der Waals surface area contributed by atoms with Crippen molar-refractivity contribution in [1.82, 2.24) is 0 Å². The Kier molecular flexibility index (Phi) is 4.29. The average Bonchev–Trinajstić information content (AvgIpc) is 2.62. The molecule has 0 heterocycles. The van der Waals surface area contributed by atoms with E-state index in [1.165, 1.54) is 24.3 Å². The van der Waals surface area contributed by atoms with E-state index >= 15 is 0 Å². The quantitative estimate of drug-likeness (QED) is 0.666. The molecule has 0 saturated heterocycles. The molecule has 0 radical (unpaired) electrons. The molecule has 0 atom stereocenters. The van der Waals surface area contributed by atoms with Gasteiger partial charge in [0.25, 0.3) is 0 Å². The maximum Gasteiger partial charge on any atom is 0.195 e. The SMILES string of the molecule is O=C(c1ccccc1)c1cc(C(=O)c2ccccc2)c(F)cc1F. The van der Waals surface area contributed by atoms with E-state index in [-0.39, 0.29) is 22.3 Å². The fourth-order valence-corrected chi connectivity index (χ4v) is 2.39. The van der Waals surface area contributed by atoms with Crippen LogP contribution >= 0.6 is 0 Å². The Balaban J connectivity index is 2.07.